The van der Waals surface area contributed by atoms with Crippen molar-refractivity contribution in [3.63, 3.8) is 0 Å². The molecule has 0 aromatic heterocycles. The van der Waals surface area contributed by atoms with Crippen molar-refractivity contribution in [3.05, 3.63) is 59.9 Å². The van der Waals surface area contributed by atoms with Crippen molar-refractivity contribution in [3.8, 4) is 0 Å². The molecule has 0 nitrogen and oxygen atoms in total. The number of hydrogen-bond donors (Lipinski definition) is 0. The lowest BCUT2D eigenvalue weighted by Gasteiger charge is -2.38. The molecular formula is C31H43F. The van der Waals surface area contributed by atoms with Crippen LogP contribution in [0.5, 0.6) is 0 Å². The molecule has 2 aromatic rings. The van der Waals surface area contributed by atoms with Gasteiger partial charge < -0.3 is 0 Å². The molecule has 32 heavy (non-hydrogen) atoms. The van der Waals surface area contributed by atoms with Crippen LogP contribution < -0.4 is 0 Å². The van der Waals surface area contributed by atoms with Crippen molar-refractivity contribution < 1.29 is 4.39 Å². The highest BCUT2D eigenvalue weighted by molar-refractivity contribution is 5.84. The number of allylic oxidation sites excluding steroid dienone is 1. The predicted octanol–water partition coefficient (Wildman–Crippen LogP) is 9.44. The van der Waals surface area contributed by atoms with E-state index in [0.29, 0.717) is 0 Å². The molecule has 2 fully saturated rings. The molecule has 0 N–H and O–H groups in total. The average molecular weight is 435 g/mol. The van der Waals surface area contributed by atoms with Gasteiger partial charge in [0, 0.05) is 5.39 Å². The van der Waals surface area contributed by atoms with Crippen LogP contribution in [0.25, 0.3) is 10.8 Å². The summed E-state index contributed by atoms with van der Waals surface area (Å²) in [5.74, 6) is 3.84. The molecule has 2 aliphatic rings. The Bertz CT molecular complexity index is 865. The van der Waals surface area contributed by atoms with Gasteiger partial charge in [0.05, 0.1) is 0 Å². The molecule has 4 rings (SSSR count). The fourth-order valence-electron chi connectivity index (χ4n) is 6.63. The topological polar surface area (TPSA) is 0 Å². The molecular weight excluding hydrogens is 391 g/mol. The highest BCUT2D eigenvalue weighted by atomic mass is 19.1. The van der Waals surface area contributed by atoms with E-state index >= 15 is 0 Å². The second kappa shape index (κ2) is 11.5. The number of rotatable bonds is 9. The van der Waals surface area contributed by atoms with Gasteiger partial charge in [0.15, 0.2) is 0 Å². The number of halogens is 1. The van der Waals surface area contributed by atoms with Crippen molar-refractivity contribution >= 4 is 10.8 Å². The fourth-order valence-corrected chi connectivity index (χ4v) is 6.63. The highest BCUT2D eigenvalue weighted by Crippen LogP contribution is 2.43. The molecule has 2 aliphatic carbocycles. The SMILES string of the molecule is C=CCCC1CCC(C2CCC(CCc3ccc4c(F)c(CCC)ccc4c3)CC2)CC1. The second-order valence-electron chi connectivity index (χ2n) is 10.8. The van der Waals surface area contributed by atoms with Crippen LogP contribution in [0.15, 0.2) is 43.0 Å². The standard InChI is InChI=1S/C31H43F/c1-3-5-7-23-10-15-26(16-11-23)27-17-12-24(13-18-27)8-9-25-14-21-30-29(22-25)20-19-28(6-4-2)31(30)32/h3,14,19-24,26-27H,1,4-13,15-18H2,2H3. The van der Waals surface area contributed by atoms with Crippen LogP contribution in [0, 0.1) is 29.5 Å². The van der Waals surface area contributed by atoms with Crippen molar-refractivity contribution in [1.29, 1.82) is 0 Å². The molecule has 0 saturated heterocycles. The monoisotopic (exact) mass is 434 g/mol. The molecule has 0 bridgehead atoms. The maximum Gasteiger partial charge on any atom is 0.134 e. The van der Waals surface area contributed by atoms with Crippen molar-refractivity contribution in [2.75, 3.05) is 0 Å². The number of aryl methyl sites for hydroxylation is 2. The Labute approximate surface area is 195 Å². The molecule has 0 radical (unpaired) electrons. The summed E-state index contributed by atoms with van der Waals surface area (Å²) in [5.41, 5.74) is 2.23. The zero-order valence-corrected chi connectivity index (χ0v) is 20.3. The molecule has 0 heterocycles. The Morgan fingerprint density at radius 1 is 0.844 bits per heavy atom. The molecule has 2 aromatic carbocycles. The van der Waals surface area contributed by atoms with E-state index in [9.17, 15) is 4.39 Å². The fraction of sp³-hybridized carbons (Fsp3) is 0.613. The summed E-state index contributed by atoms with van der Waals surface area (Å²) < 4.78 is 14.7. The molecule has 0 spiro atoms. The maximum atomic E-state index is 14.7. The van der Waals surface area contributed by atoms with Gasteiger partial charge in [0.25, 0.3) is 0 Å². The third-order valence-electron chi connectivity index (χ3n) is 8.69. The molecule has 174 valence electrons. The van der Waals surface area contributed by atoms with Crippen LogP contribution in [0.4, 0.5) is 4.39 Å². The lowest BCUT2D eigenvalue weighted by atomic mass is 9.68. The minimum absolute atomic E-state index is 0.0102. The predicted molar refractivity (Wildman–Crippen MR) is 137 cm³/mol. The van der Waals surface area contributed by atoms with E-state index < -0.39 is 0 Å². The van der Waals surface area contributed by atoms with Crippen LogP contribution in [0.1, 0.15) is 95.1 Å². The summed E-state index contributed by atoms with van der Waals surface area (Å²) >= 11 is 0. The van der Waals surface area contributed by atoms with Crippen LogP contribution in [-0.4, -0.2) is 0 Å². The van der Waals surface area contributed by atoms with Crippen molar-refractivity contribution in [2.24, 2.45) is 23.7 Å². The first-order valence-electron chi connectivity index (χ1n) is 13.5. The number of fused-ring (bicyclic) bond motifs is 1. The summed E-state index contributed by atoms with van der Waals surface area (Å²) in [7, 11) is 0. The quantitative estimate of drug-likeness (QED) is 0.345. The van der Waals surface area contributed by atoms with E-state index in [-0.39, 0.29) is 5.82 Å². The van der Waals surface area contributed by atoms with Crippen LogP contribution >= 0.6 is 0 Å². The number of hydrogen-bond acceptors (Lipinski definition) is 0. The Morgan fingerprint density at radius 3 is 2.12 bits per heavy atom. The zero-order chi connectivity index (χ0) is 22.3. The van der Waals surface area contributed by atoms with E-state index in [1.807, 2.05) is 12.1 Å². The first-order valence-corrected chi connectivity index (χ1v) is 13.5. The van der Waals surface area contributed by atoms with Gasteiger partial charge in [-0.05, 0) is 98.0 Å². The normalized spacial score (nSPS) is 26.3. The first kappa shape index (κ1) is 23.5. The zero-order valence-electron chi connectivity index (χ0n) is 20.3. The minimum Gasteiger partial charge on any atom is -0.206 e. The smallest absolute Gasteiger partial charge is 0.134 e. The Kier molecular flexibility index (Phi) is 8.44. The van der Waals surface area contributed by atoms with E-state index in [1.165, 1.54) is 76.2 Å². The van der Waals surface area contributed by atoms with E-state index in [2.05, 4.69) is 37.8 Å². The van der Waals surface area contributed by atoms with Gasteiger partial charge in [-0.3, -0.25) is 0 Å². The van der Waals surface area contributed by atoms with E-state index in [4.69, 9.17) is 0 Å². The molecule has 1 heteroatoms. The minimum atomic E-state index is -0.0102. The average Bonchev–Trinajstić information content (AvgIpc) is 2.84. The van der Waals surface area contributed by atoms with Gasteiger partial charge in [-0.15, -0.1) is 6.58 Å². The van der Waals surface area contributed by atoms with Crippen LogP contribution in [-0.2, 0) is 12.8 Å². The Morgan fingerprint density at radius 2 is 1.50 bits per heavy atom. The Hall–Kier alpha value is -1.63. The third-order valence-corrected chi connectivity index (χ3v) is 8.69. The summed E-state index contributed by atoms with van der Waals surface area (Å²) in [6, 6.07) is 10.5. The molecule has 2 saturated carbocycles. The van der Waals surface area contributed by atoms with Gasteiger partial charge in [-0.2, -0.15) is 0 Å². The molecule has 0 unspecified atom stereocenters. The van der Waals surface area contributed by atoms with Gasteiger partial charge in [-0.1, -0.05) is 75.4 Å². The molecule has 0 aliphatic heterocycles. The summed E-state index contributed by atoms with van der Waals surface area (Å²) in [4.78, 5) is 0. The lowest BCUT2D eigenvalue weighted by Crippen LogP contribution is -2.26. The summed E-state index contributed by atoms with van der Waals surface area (Å²) in [6.45, 7) is 5.99. The molecule has 0 amide bonds. The highest BCUT2D eigenvalue weighted by Gasteiger charge is 2.30. The van der Waals surface area contributed by atoms with Crippen molar-refractivity contribution in [2.45, 2.75) is 96.8 Å². The van der Waals surface area contributed by atoms with Gasteiger partial charge >= 0.3 is 0 Å². The first-order chi connectivity index (χ1) is 15.7. The van der Waals surface area contributed by atoms with Crippen LogP contribution in [0.2, 0.25) is 0 Å². The Balaban J connectivity index is 1.23. The third kappa shape index (κ3) is 5.83. The van der Waals surface area contributed by atoms with E-state index in [0.717, 1.165) is 59.3 Å². The number of benzene rings is 2. The summed E-state index contributed by atoms with van der Waals surface area (Å²) in [5, 5.41) is 1.85. The van der Waals surface area contributed by atoms with Gasteiger partial charge in [0.1, 0.15) is 5.82 Å². The largest absolute Gasteiger partial charge is 0.206 e. The van der Waals surface area contributed by atoms with Gasteiger partial charge in [0.2, 0.25) is 0 Å². The van der Waals surface area contributed by atoms with Crippen LogP contribution in [0.3, 0.4) is 0 Å². The van der Waals surface area contributed by atoms with E-state index in [1.54, 1.807) is 0 Å². The van der Waals surface area contributed by atoms with Crippen molar-refractivity contribution in [1.82, 2.24) is 0 Å². The second-order valence-corrected chi connectivity index (χ2v) is 10.8. The summed E-state index contributed by atoms with van der Waals surface area (Å²) in [6.07, 6.45) is 20.5. The molecule has 0 atom stereocenters. The van der Waals surface area contributed by atoms with Gasteiger partial charge in [-0.25, -0.2) is 4.39 Å². The maximum absolute atomic E-state index is 14.7. The lowest BCUT2D eigenvalue weighted by molar-refractivity contribution is 0.141.